The Morgan fingerprint density at radius 1 is 0.941 bits per heavy atom. The molecule has 5 rings (SSSR count). The van der Waals surface area contributed by atoms with E-state index in [1.54, 1.807) is 0 Å². The largest absolute Gasteiger partial charge is 0.421 e. The lowest BCUT2D eigenvalue weighted by Crippen LogP contribution is -2.24. The Morgan fingerprint density at radius 3 is 2.35 bits per heavy atom. The van der Waals surface area contributed by atoms with Gasteiger partial charge in [0.25, 0.3) is 0 Å². The van der Waals surface area contributed by atoms with E-state index in [9.17, 15) is 9.59 Å². The first-order chi connectivity index (χ1) is 16.4. The van der Waals surface area contributed by atoms with E-state index in [0.29, 0.717) is 16.8 Å². The van der Waals surface area contributed by atoms with Crippen LogP contribution in [0.15, 0.2) is 69.9 Å². The minimum atomic E-state index is -0.568. The predicted molar refractivity (Wildman–Crippen MR) is 138 cm³/mol. The van der Waals surface area contributed by atoms with Crippen molar-refractivity contribution in [3.05, 3.63) is 87.8 Å². The monoisotopic (exact) mass is 453 g/mol. The van der Waals surface area contributed by atoms with Crippen LogP contribution in [0.5, 0.6) is 0 Å². The molecule has 1 aromatic heterocycles. The highest BCUT2D eigenvalue weighted by atomic mass is 16.4. The average molecular weight is 454 g/mol. The lowest BCUT2D eigenvalue weighted by molar-refractivity contribution is 0.262. The minimum absolute atomic E-state index is 0.141. The number of carbonyl (C=O) groups is 1. The fourth-order valence-corrected chi connectivity index (χ4v) is 4.63. The predicted octanol–water partition coefficient (Wildman–Crippen LogP) is 5.97. The smallest absolute Gasteiger partial charge is 0.360 e. The maximum absolute atomic E-state index is 13.1. The van der Waals surface area contributed by atoms with Crippen molar-refractivity contribution in [1.82, 2.24) is 0 Å². The van der Waals surface area contributed by atoms with Crippen molar-refractivity contribution in [3.63, 3.8) is 0 Å². The molecule has 2 N–H and O–H groups in total. The van der Waals surface area contributed by atoms with Gasteiger partial charge in [-0.3, -0.25) is 0 Å². The number of carbonyl (C=O) groups excluding carboxylic acids is 1. The van der Waals surface area contributed by atoms with Crippen LogP contribution in [0.4, 0.5) is 21.9 Å². The molecule has 3 aromatic carbocycles. The zero-order valence-corrected chi connectivity index (χ0v) is 19.6. The summed E-state index contributed by atoms with van der Waals surface area (Å²) < 4.78 is 5.71. The van der Waals surface area contributed by atoms with Crippen LogP contribution in [0, 0.1) is 6.92 Å². The summed E-state index contributed by atoms with van der Waals surface area (Å²) in [7, 11) is 3.91. The molecule has 1 aliphatic rings. The summed E-state index contributed by atoms with van der Waals surface area (Å²) in [5, 5.41) is 6.43. The van der Waals surface area contributed by atoms with Crippen molar-refractivity contribution >= 4 is 34.1 Å². The van der Waals surface area contributed by atoms with Gasteiger partial charge in [0.2, 0.25) is 0 Å². The van der Waals surface area contributed by atoms with E-state index in [0.717, 1.165) is 41.5 Å². The molecular formula is C28H27N3O3. The van der Waals surface area contributed by atoms with Gasteiger partial charge in [-0.05, 0) is 84.8 Å². The van der Waals surface area contributed by atoms with Crippen molar-refractivity contribution in [2.24, 2.45) is 0 Å². The highest BCUT2D eigenvalue weighted by Crippen LogP contribution is 2.38. The van der Waals surface area contributed by atoms with Crippen molar-refractivity contribution in [1.29, 1.82) is 0 Å². The van der Waals surface area contributed by atoms with E-state index in [2.05, 4.69) is 16.7 Å². The molecular weight excluding hydrogens is 426 g/mol. The van der Waals surface area contributed by atoms with E-state index in [1.165, 1.54) is 11.1 Å². The van der Waals surface area contributed by atoms with Gasteiger partial charge in [0.15, 0.2) is 0 Å². The van der Waals surface area contributed by atoms with E-state index in [1.807, 2.05) is 80.5 Å². The standard InChI is InChI=1S/C28H27N3O3/c1-17-7-4-5-10-22(17)25-23-15-18-8-6-9-19(18)16-24(23)34-27(32)26(25)30-28(33)29-20-11-13-21(14-12-20)31(2)3/h4-5,7,10-16H,6,8-9H2,1-3H3,(H2,29,30,33). The van der Waals surface area contributed by atoms with E-state index in [4.69, 9.17) is 4.42 Å². The Balaban J connectivity index is 1.58. The molecule has 0 radical (unpaired) electrons. The molecule has 0 unspecified atom stereocenters. The number of hydrogen-bond acceptors (Lipinski definition) is 4. The normalized spacial score (nSPS) is 12.4. The number of amides is 2. The summed E-state index contributed by atoms with van der Waals surface area (Å²) in [5.41, 5.74) is 6.87. The van der Waals surface area contributed by atoms with Gasteiger partial charge >= 0.3 is 11.7 Å². The van der Waals surface area contributed by atoms with Crippen LogP contribution >= 0.6 is 0 Å². The quantitative estimate of drug-likeness (QED) is 0.374. The summed E-state index contributed by atoms with van der Waals surface area (Å²) in [6.07, 6.45) is 3.09. The Kier molecular flexibility index (Phi) is 5.57. The first-order valence-electron chi connectivity index (χ1n) is 11.4. The van der Waals surface area contributed by atoms with Crippen LogP contribution in [0.25, 0.3) is 22.1 Å². The second-order valence-corrected chi connectivity index (χ2v) is 8.95. The topological polar surface area (TPSA) is 74.6 Å². The molecule has 172 valence electrons. The molecule has 6 heteroatoms. The molecule has 0 atom stereocenters. The molecule has 1 heterocycles. The van der Waals surface area contributed by atoms with Crippen molar-refractivity contribution in [3.8, 4) is 11.1 Å². The van der Waals surface area contributed by atoms with Gasteiger partial charge < -0.3 is 20.0 Å². The number of anilines is 3. The van der Waals surface area contributed by atoms with Crippen LogP contribution in [0.3, 0.4) is 0 Å². The SMILES string of the molecule is Cc1ccccc1-c1c(NC(=O)Nc2ccc(N(C)C)cc2)c(=O)oc2cc3c(cc12)CCC3. The number of benzene rings is 3. The van der Waals surface area contributed by atoms with Gasteiger partial charge in [0, 0.05) is 36.4 Å². The zero-order valence-electron chi connectivity index (χ0n) is 19.6. The first kappa shape index (κ1) is 21.8. The lowest BCUT2D eigenvalue weighted by atomic mass is 9.94. The summed E-state index contributed by atoms with van der Waals surface area (Å²) in [5.74, 6) is 0. The fraction of sp³-hybridized carbons (Fsp3) is 0.214. The fourth-order valence-electron chi connectivity index (χ4n) is 4.63. The maximum atomic E-state index is 13.1. The Morgan fingerprint density at radius 2 is 1.65 bits per heavy atom. The van der Waals surface area contributed by atoms with Crippen molar-refractivity contribution < 1.29 is 9.21 Å². The number of fused-ring (bicyclic) bond motifs is 2. The van der Waals surface area contributed by atoms with Gasteiger partial charge in [-0.15, -0.1) is 0 Å². The van der Waals surface area contributed by atoms with Crippen LogP contribution in [-0.2, 0) is 12.8 Å². The summed E-state index contributed by atoms with van der Waals surface area (Å²) >= 11 is 0. The summed E-state index contributed by atoms with van der Waals surface area (Å²) in [4.78, 5) is 28.0. The lowest BCUT2D eigenvalue weighted by Gasteiger charge is -2.16. The zero-order chi connectivity index (χ0) is 23.8. The van der Waals surface area contributed by atoms with Crippen molar-refractivity contribution in [2.45, 2.75) is 26.2 Å². The van der Waals surface area contributed by atoms with E-state index < -0.39 is 11.7 Å². The molecule has 0 saturated carbocycles. The number of nitrogens with zero attached hydrogens (tertiary/aromatic N) is 1. The van der Waals surface area contributed by atoms with Crippen LogP contribution in [-0.4, -0.2) is 20.1 Å². The second kappa shape index (κ2) is 8.71. The molecule has 0 saturated heterocycles. The second-order valence-electron chi connectivity index (χ2n) is 8.95. The molecule has 4 aromatic rings. The van der Waals surface area contributed by atoms with Gasteiger partial charge in [0.05, 0.1) is 0 Å². The van der Waals surface area contributed by atoms with Crippen molar-refractivity contribution in [2.75, 3.05) is 29.6 Å². The Labute approximate surface area is 198 Å². The number of hydrogen-bond donors (Lipinski definition) is 2. The summed E-state index contributed by atoms with van der Waals surface area (Å²) in [6, 6.07) is 18.9. The molecule has 2 amide bonds. The van der Waals surface area contributed by atoms with Crippen LogP contribution in [0.2, 0.25) is 0 Å². The van der Waals surface area contributed by atoms with E-state index in [-0.39, 0.29) is 5.69 Å². The number of rotatable bonds is 4. The molecule has 34 heavy (non-hydrogen) atoms. The third-order valence-corrected chi connectivity index (χ3v) is 6.41. The van der Waals surface area contributed by atoms with E-state index >= 15 is 0 Å². The first-order valence-corrected chi connectivity index (χ1v) is 11.4. The number of urea groups is 1. The number of aryl methyl sites for hydroxylation is 3. The van der Waals surface area contributed by atoms with Gasteiger partial charge in [-0.2, -0.15) is 0 Å². The third-order valence-electron chi connectivity index (χ3n) is 6.41. The van der Waals surface area contributed by atoms with Gasteiger partial charge in [-0.25, -0.2) is 9.59 Å². The summed E-state index contributed by atoms with van der Waals surface area (Å²) in [6.45, 7) is 2.00. The Bertz CT molecular complexity index is 1450. The van der Waals surface area contributed by atoms with Crippen LogP contribution < -0.4 is 21.2 Å². The average Bonchev–Trinajstić information content (AvgIpc) is 3.27. The molecule has 0 aliphatic heterocycles. The third kappa shape index (κ3) is 4.03. The minimum Gasteiger partial charge on any atom is -0.421 e. The van der Waals surface area contributed by atoms with Gasteiger partial charge in [-0.1, -0.05) is 24.3 Å². The Hall–Kier alpha value is -4.06. The highest BCUT2D eigenvalue weighted by Gasteiger charge is 2.22. The van der Waals surface area contributed by atoms with Crippen LogP contribution in [0.1, 0.15) is 23.1 Å². The van der Waals surface area contributed by atoms with Gasteiger partial charge in [0.1, 0.15) is 11.3 Å². The molecule has 0 fully saturated rings. The highest BCUT2D eigenvalue weighted by molar-refractivity contribution is 6.07. The molecule has 1 aliphatic carbocycles. The molecule has 0 spiro atoms. The molecule has 6 nitrogen and oxygen atoms in total. The maximum Gasteiger partial charge on any atom is 0.360 e. The number of nitrogens with one attached hydrogen (secondary N) is 2. The molecule has 0 bridgehead atoms.